The zero-order chi connectivity index (χ0) is 34.1. The molecular weight excluding hydrogens is 602 g/mol. The summed E-state index contributed by atoms with van der Waals surface area (Å²) in [6.07, 6.45) is 1.13. The predicted molar refractivity (Wildman–Crippen MR) is 174 cm³/mol. The van der Waals surface area contributed by atoms with E-state index in [9.17, 15) is 24.0 Å². The van der Waals surface area contributed by atoms with Gasteiger partial charge in [-0.2, -0.15) is 10.1 Å². The van der Waals surface area contributed by atoms with Crippen LogP contribution in [0.5, 0.6) is 0 Å². The molecule has 0 bridgehead atoms. The molecule has 1 aliphatic rings. The predicted octanol–water partition coefficient (Wildman–Crippen LogP) is 1.13. The average Bonchev–Trinajstić information content (AvgIpc) is 3.37. The SMILES string of the molecule is Cc1cc(C)n(CC(=O)N2CCCNC(=O)Cn3nc(C)nc3[C@H](C(C)C)NC(=O)[C@@H](Cc3ccccc3)NC(=O)CCC2)c(=O)n1. The molecule has 14 heteroatoms. The summed E-state index contributed by atoms with van der Waals surface area (Å²) in [5, 5.41) is 13.3. The summed E-state index contributed by atoms with van der Waals surface area (Å²) in [6.45, 7) is 9.61. The Labute approximate surface area is 274 Å². The Morgan fingerprint density at radius 1 is 0.957 bits per heavy atom. The lowest BCUT2D eigenvalue weighted by Crippen LogP contribution is -2.50. The number of carbonyl (C=O) groups excluding carboxylic acids is 4. The number of fused-ring (bicyclic) bond motifs is 1. The third-order valence-corrected chi connectivity index (χ3v) is 8.03. The summed E-state index contributed by atoms with van der Waals surface area (Å²) in [5.41, 5.74) is 1.56. The van der Waals surface area contributed by atoms with Gasteiger partial charge in [-0.1, -0.05) is 44.2 Å². The second kappa shape index (κ2) is 16.1. The molecule has 4 amide bonds. The van der Waals surface area contributed by atoms with E-state index in [4.69, 9.17) is 0 Å². The Kier molecular flexibility index (Phi) is 12.0. The lowest BCUT2D eigenvalue weighted by molar-refractivity contribution is -0.132. The minimum Gasteiger partial charge on any atom is -0.354 e. The van der Waals surface area contributed by atoms with Crippen molar-refractivity contribution in [3.05, 3.63) is 75.5 Å². The first-order valence-electron chi connectivity index (χ1n) is 16.1. The lowest BCUT2D eigenvalue weighted by atomic mass is 10.0. The van der Waals surface area contributed by atoms with Gasteiger partial charge in [-0.25, -0.2) is 14.5 Å². The first-order valence-corrected chi connectivity index (χ1v) is 16.1. The number of nitrogens with one attached hydrogen (secondary N) is 3. The molecule has 252 valence electrons. The molecule has 4 rings (SSSR count). The van der Waals surface area contributed by atoms with Gasteiger partial charge in [-0.05, 0) is 51.2 Å². The fourth-order valence-electron chi connectivity index (χ4n) is 5.61. The molecule has 14 nitrogen and oxygen atoms in total. The monoisotopic (exact) mass is 647 g/mol. The Hall–Kier alpha value is -4.88. The molecule has 0 aliphatic carbocycles. The molecule has 0 saturated heterocycles. The standard InChI is InChI=1S/C33H45N9O5/c1-21(2)30-31-36-24(5)39-42(31)19-28(44)34-14-10-16-40(29(45)20-41-23(4)17-22(3)35-33(41)47)15-9-13-27(43)37-26(32(46)38-30)18-25-11-7-6-8-12-25/h6-8,11-12,17,21,26,30H,9-10,13-16,18-20H2,1-5H3,(H,34,44)(H,37,43)(H,38,46)/t26-,30+/m1/s1. The summed E-state index contributed by atoms with van der Waals surface area (Å²) < 4.78 is 2.82. The second-order valence-electron chi connectivity index (χ2n) is 12.3. The van der Waals surface area contributed by atoms with E-state index in [-0.39, 0.29) is 62.0 Å². The number of rotatable bonds is 5. The summed E-state index contributed by atoms with van der Waals surface area (Å²) in [4.78, 5) is 76.1. The van der Waals surface area contributed by atoms with Crippen LogP contribution in [0.2, 0.25) is 0 Å². The summed E-state index contributed by atoms with van der Waals surface area (Å²) in [5.74, 6) is -0.488. The van der Waals surface area contributed by atoms with Gasteiger partial charge < -0.3 is 20.9 Å². The Balaban J connectivity index is 1.59. The molecular formula is C33H45N9O5. The fourth-order valence-corrected chi connectivity index (χ4v) is 5.61. The Bertz CT molecular complexity index is 1630. The number of benzene rings is 1. The first kappa shape index (κ1) is 35.0. The molecule has 0 fully saturated rings. The second-order valence-corrected chi connectivity index (χ2v) is 12.3. The van der Waals surface area contributed by atoms with Crippen LogP contribution in [0.4, 0.5) is 0 Å². The van der Waals surface area contributed by atoms with Gasteiger partial charge in [0.2, 0.25) is 23.6 Å². The quantitative estimate of drug-likeness (QED) is 0.370. The van der Waals surface area contributed by atoms with Crippen LogP contribution in [0.1, 0.15) is 67.8 Å². The van der Waals surface area contributed by atoms with Crippen molar-refractivity contribution in [3.63, 3.8) is 0 Å². The minimum atomic E-state index is -0.882. The van der Waals surface area contributed by atoms with Gasteiger partial charge in [0.15, 0.2) is 5.82 Å². The molecule has 1 aromatic carbocycles. The number of aromatic nitrogens is 5. The van der Waals surface area contributed by atoms with Crippen LogP contribution in [-0.4, -0.2) is 78.5 Å². The van der Waals surface area contributed by atoms with Crippen molar-refractivity contribution in [2.45, 2.75) is 85.5 Å². The van der Waals surface area contributed by atoms with E-state index in [1.165, 1.54) is 9.25 Å². The van der Waals surface area contributed by atoms with E-state index in [2.05, 4.69) is 31.0 Å². The van der Waals surface area contributed by atoms with Crippen molar-refractivity contribution in [1.82, 2.24) is 45.2 Å². The number of carbonyl (C=O) groups is 4. The molecule has 0 radical (unpaired) electrons. The van der Waals surface area contributed by atoms with Crippen LogP contribution in [0.25, 0.3) is 0 Å². The van der Waals surface area contributed by atoms with Gasteiger partial charge in [0.05, 0.1) is 6.04 Å². The summed E-state index contributed by atoms with van der Waals surface area (Å²) in [7, 11) is 0. The maximum atomic E-state index is 13.8. The van der Waals surface area contributed by atoms with Crippen LogP contribution in [0, 0.1) is 26.7 Å². The molecule has 2 aromatic heterocycles. The van der Waals surface area contributed by atoms with Crippen molar-refractivity contribution >= 4 is 23.6 Å². The highest BCUT2D eigenvalue weighted by Crippen LogP contribution is 2.21. The maximum Gasteiger partial charge on any atom is 0.348 e. The van der Waals surface area contributed by atoms with Gasteiger partial charge in [-0.15, -0.1) is 0 Å². The fraction of sp³-hybridized carbons (Fsp3) is 0.515. The van der Waals surface area contributed by atoms with Gasteiger partial charge in [0.1, 0.15) is 25.0 Å². The largest absolute Gasteiger partial charge is 0.354 e. The van der Waals surface area contributed by atoms with Crippen LogP contribution >= 0.6 is 0 Å². The van der Waals surface area contributed by atoms with Crippen LogP contribution in [-0.2, 0) is 38.7 Å². The molecule has 3 aromatic rings. The van der Waals surface area contributed by atoms with E-state index in [0.717, 1.165) is 5.56 Å². The van der Waals surface area contributed by atoms with Crippen LogP contribution in [0.3, 0.4) is 0 Å². The number of aryl methyl sites for hydroxylation is 3. The topological polar surface area (TPSA) is 173 Å². The van der Waals surface area contributed by atoms with Gasteiger partial charge in [0.25, 0.3) is 0 Å². The first-order chi connectivity index (χ1) is 22.4. The van der Waals surface area contributed by atoms with Crippen LogP contribution < -0.4 is 21.6 Å². The third-order valence-electron chi connectivity index (χ3n) is 8.03. The average molecular weight is 648 g/mol. The zero-order valence-corrected chi connectivity index (χ0v) is 27.8. The molecule has 3 N–H and O–H groups in total. The van der Waals surface area contributed by atoms with Gasteiger partial charge in [-0.3, -0.25) is 23.7 Å². The third kappa shape index (κ3) is 9.80. The highest BCUT2D eigenvalue weighted by molar-refractivity contribution is 5.88. The smallest absolute Gasteiger partial charge is 0.348 e. The highest BCUT2D eigenvalue weighted by Gasteiger charge is 2.30. The van der Waals surface area contributed by atoms with E-state index in [1.54, 1.807) is 31.7 Å². The minimum absolute atomic E-state index is 0.0747. The molecule has 47 heavy (non-hydrogen) atoms. The highest BCUT2D eigenvalue weighted by atomic mass is 16.2. The van der Waals surface area contributed by atoms with E-state index < -0.39 is 17.8 Å². The van der Waals surface area contributed by atoms with Crippen molar-refractivity contribution < 1.29 is 19.2 Å². The maximum absolute atomic E-state index is 13.8. The van der Waals surface area contributed by atoms with Crippen molar-refractivity contribution in [3.8, 4) is 0 Å². The number of hydrogen-bond donors (Lipinski definition) is 3. The Morgan fingerprint density at radius 3 is 2.38 bits per heavy atom. The number of hydrogen-bond acceptors (Lipinski definition) is 8. The molecule has 0 unspecified atom stereocenters. The normalized spacial score (nSPS) is 18.9. The van der Waals surface area contributed by atoms with Gasteiger partial charge >= 0.3 is 5.69 Å². The van der Waals surface area contributed by atoms with E-state index in [1.807, 2.05) is 44.2 Å². The van der Waals surface area contributed by atoms with E-state index >= 15 is 0 Å². The summed E-state index contributed by atoms with van der Waals surface area (Å²) >= 11 is 0. The summed E-state index contributed by atoms with van der Waals surface area (Å²) in [6, 6.07) is 9.70. The molecule has 1 aliphatic heterocycles. The molecule has 0 saturated carbocycles. The Morgan fingerprint density at radius 2 is 1.68 bits per heavy atom. The van der Waals surface area contributed by atoms with Crippen molar-refractivity contribution in [2.24, 2.45) is 5.92 Å². The van der Waals surface area contributed by atoms with Crippen molar-refractivity contribution in [1.29, 1.82) is 0 Å². The van der Waals surface area contributed by atoms with Crippen LogP contribution in [0.15, 0.2) is 41.2 Å². The molecule has 0 spiro atoms. The number of amides is 4. The lowest BCUT2D eigenvalue weighted by Gasteiger charge is -2.26. The van der Waals surface area contributed by atoms with Gasteiger partial charge in [0, 0.05) is 43.9 Å². The zero-order valence-electron chi connectivity index (χ0n) is 27.8. The van der Waals surface area contributed by atoms with Crippen molar-refractivity contribution in [2.75, 3.05) is 19.6 Å². The molecule has 3 heterocycles. The van der Waals surface area contributed by atoms with E-state index in [0.29, 0.717) is 49.0 Å². The molecule has 2 atom stereocenters. The number of nitrogens with zero attached hydrogens (tertiary/aromatic N) is 6.